The van der Waals surface area contributed by atoms with Crippen molar-refractivity contribution in [3.63, 3.8) is 0 Å². The van der Waals surface area contributed by atoms with Crippen LogP contribution in [0.3, 0.4) is 0 Å². The molecule has 4 heteroatoms. The zero-order valence-corrected chi connectivity index (χ0v) is 22.3. The molecule has 0 bridgehead atoms. The van der Waals surface area contributed by atoms with Gasteiger partial charge in [-0.3, -0.25) is 9.88 Å². The highest BCUT2D eigenvalue weighted by Gasteiger charge is 2.27. The number of ether oxygens (including phenoxy) is 2. The molecule has 0 unspecified atom stereocenters. The summed E-state index contributed by atoms with van der Waals surface area (Å²) >= 11 is 0. The van der Waals surface area contributed by atoms with E-state index in [1.54, 1.807) is 0 Å². The molecule has 190 valence electrons. The number of hydrogen-bond donors (Lipinski definition) is 0. The fraction of sp³-hybridized carbons (Fsp3) is 0.469. The van der Waals surface area contributed by atoms with Crippen LogP contribution in [0.4, 0.5) is 0 Å². The summed E-state index contributed by atoms with van der Waals surface area (Å²) in [5.41, 5.74) is 10.2. The van der Waals surface area contributed by atoms with Crippen LogP contribution in [0.1, 0.15) is 72.7 Å². The highest BCUT2D eigenvalue weighted by atomic mass is 16.5. The number of rotatable bonds is 8. The predicted octanol–water partition coefficient (Wildman–Crippen LogP) is 6.86. The normalized spacial score (nSPS) is 19.5. The van der Waals surface area contributed by atoms with E-state index in [9.17, 15) is 0 Å². The molecule has 1 saturated heterocycles. The van der Waals surface area contributed by atoms with Crippen LogP contribution in [0.25, 0.3) is 11.3 Å². The minimum Gasteiger partial charge on any atom is -0.487 e. The Balaban J connectivity index is 1.53. The summed E-state index contributed by atoms with van der Waals surface area (Å²) in [4.78, 5) is 7.70. The maximum atomic E-state index is 6.66. The van der Waals surface area contributed by atoms with Crippen molar-refractivity contribution in [2.24, 2.45) is 0 Å². The third kappa shape index (κ3) is 5.07. The zero-order valence-electron chi connectivity index (χ0n) is 22.3. The lowest BCUT2D eigenvalue weighted by Gasteiger charge is -2.34. The molecule has 2 aliphatic rings. The molecule has 1 aliphatic carbocycles. The summed E-state index contributed by atoms with van der Waals surface area (Å²) in [7, 11) is 2.25. The number of fused-ring (bicyclic) bond motifs is 1. The minimum absolute atomic E-state index is 0.103. The Labute approximate surface area is 216 Å². The molecule has 1 fully saturated rings. The topological polar surface area (TPSA) is 34.6 Å². The Morgan fingerprint density at radius 3 is 2.53 bits per heavy atom. The average molecular weight is 485 g/mol. The highest BCUT2D eigenvalue weighted by molar-refractivity contribution is 5.70. The number of pyridine rings is 1. The molecule has 2 heterocycles. The van der Waals surface area contributed by atoms with Crippen molar-refractivity contribution in [1.29, 1.82) is 0 Å². The van der Waals surface area contributed by atoms with Crippen molar-refractivity contribution in [3.05, 3.63) is 82.0 Å². The smallest absolute Gasteiger partial charge is 0.128 e. The summed E-state index contributed by atoms with van der Waals surface area (Å²) < 4.78 is 12.3. The van der Waals surface area contributed by atoms with Crippen LogP contribution in [-0.2, 0) is 30.5 Å². The Hall–Kier alpha value is -2.69. The SMILES string of the molecule is CCc1cccc(CC)c1-c1cc(O[C@@H]2CCOC2)c(CN(C)[C@H]2CCCc3ccccc32)c(C)n1. The Bertz CT molecular complexity index is 1180. The number of nitrogens with zero attached hydrogens (tertiary/aromatic N) is 2. The van der Waals surface area contributed by atoms with E-state index >= 15 is 0 Å². The number of benzene rings is 2. The van der Waals surface area contributed by atoms with Crippen molar-refractivity contribution < 1.29 is 9.47 Å². The Kier molecular flexibility index (Phi) is 7.73. The van der Waals surface area contributed by atoms with E-state index in [4.69, 9.17) is 14.5 Å². The van der Waals surface area contributed by atoms with E-state index in [0.29, 0.717) is 12.6 Å². The van der Waals surface area contributed by atoms with Gasteiger partial charge in [-0.05, 0) is 68.3 Å². The molecular formula is C32H40N2O2. The standard InChI is InChI=1S/C32H40N2O2/c1-5-23-12-9-13-24(6-2)32(23)29-19-31(36-26-17-18-35-21-26)28(22(3)33-29)20-34(4)30-16-10-14-25-11-7-8-15-27(25)30/h7-9,11-13,15,19,26,30H,5-6,10,14,16-18,20-21H2,1-4H3/t26-,30+/m1/s1. The number of aromatic nitrogens is 1. The van der Waals surface area contributed by atoms with Gasteiger partial charge in [-0.25, -0.2) is 0 Å². The van der Waals surface area contributed by atoms with Crippen LogP contribution in [0.5, 0.6) is 5.75 Å². The fourth-order valence-corrected chi connectivity index (χ4v) is 6.00. The summed E-state index contributed by atoms with van der Waals surface area (Å²) in [6.07, 6.45) is 6.62. The maximum Gasteiger partial charge on any atom is 0.128 e. The van der Waals surface area contributed by atoms with Crippen LogP contribution in [-0.4, -0.2) is 36.2 Å². The minimum atomic E-state index is 0.103. The molecule has 1 aliphatic heterocycles. The van der Waals surface area contributed by atoms with Crippen molar-refractivity contribution in [1.82, 2.24) is 9.88 Å². The van der Waals surface area contributed by atoms with Crippen molar-refractivity contribution >= 4 is 0 Å². The van der Waals surface area contributed by atoms with Gasteiger partial charge in [0.2, 0.25) is 0 Å². The highest BCUT2D eigenvalue weighted by Crippen LogP contribution is 2.38. The fourth-order valence-electron chi connectivity index (χ4n) is 6.00. The molecule has 2 atom stereocenters. The maximum absolute atomic E-state index is 6.66. The van der Waals surface area contributed by atoms with E-state index in [1.165, 1.54) is 52.6 Å². The van der Waals surface area contributed by atoms with Gasteiger partial charge in [-0.1, -0.05) is 56.3 Å². The average Bonchev–Trinajstić information content (AvgIpc) is 3.42. The molecule has 36 heavy (non-hydrogen) atoms. The third-order valence-electron chi connectivity index (χ3n) is 8.00. The first-order valence-corrected chi connectivity index (χ1v) is 13.7. The van der Waals surface area contributed by atoms with Crippen LogP contribution < -0.4 is 4.74 Å². The zero-order chi connectivity index (χ0) is 25.1. The van der Waals surface area contributed by atoms with E-state index < -0.39 is 0 Å². The van der Waals surface area contributed by atoms with Gasteiger partial charge < -0.3 is 9.47 Å². The van der Waals surface area contributed by atoms with Gasteiger partial charge in [0.25, 0.3) is 0 Å². The van der Waals surface area contributed by atoms with Gasteiger partial charge >= 0.3 is 0 Å². The molecule has 1 aromatic heterocycles. The first-order valence-electron chi connectivity index (χ1n) is 13.7. The molecule has 0 spiro atoms. The molecule has 3 aromatic rings. The quantitative estimate of drug-likeness (QED) is 0.350. The van der Waals surface area contributed by atoms with E-state index in [1.807, 2.05) is 0 Å². The third-order valence-corrected chi connectivity index (χ3v) is 8.00. The summed E-state index contributed by atoms with van der Waals surface area (Å²) in [6, 6.07) is 18.2. The van der Waals surface area contributed by atoms with Crippen LogP contribution in [0.15, 0.2) is 48.5 Å². The monoisotopic (exact) mass is 484 g/mol. The Morgan fingerprint density at radius 1 is 1.03 bits per heavy atom. The summed E-state index contributed by atoms with van der Waals surface area (Å²) in [5.74, 6) is 0.969. The lowest BCUT2D eigenvalue weighted by atomic mass is 9.87. The largest absolute Gasteiger partial charge is 0.487 e. The van der Waals surface area contributed by atoms with Crippen molar-refractivity contribution in [3.8, 4) is 17.0 Å². The lowest BCUT2D eigenvalue weighted by Crippen LogP contribution is -2.28. The van der Waals surface area contributed by atoms with Gasteiger partial charge in [0.1, 0.15) is 11.9 Å². The van der Waals surface area contributed by atoms with E-state index in [0.717, 1.165) is 49.6 Å². The lowest BCUT2D eigenvalue weighted by molar-refractivity contribution is 0.138. The van der Waals surface area contributed by atoms with Crippen molar-refractivity contribution in [2.45, 2.75) is 78.0 Å². The van der Waals surface area contributed by atoms with Crippen LogP contribution in [0, 0.1) is 6.92 Å². The second-order valence-corrected chi connectivity index (χ2v) is 10.4. The van der Waals surface area contributed by atoms with Gasteiger partial charge in [-0.2, -0.15) is 0 Å². The number of aryl methyl sites for hydroxylation is 4. The molecular weight excluding hydrogens is 444 g/mol. The van der Waals surface area contributed by atoms with Gasteiger partial charge in [0, 0.05) is 41.9 Å². The van der Waals surface area contributed by atoms with Crippen LogP contribution >= 0.6 is 0 Å². The molecule has 0 amide bonds. The Morgan fingerprint density at radius 2 is 1.81 bits per heavy atom. The van der Waals surface area contributed by atoms with Crippen molar-refractivity contribution in [2.75, 3.05) is 20.3 Å². The van der Waals surface area contributed by atoms with Gasteiger partial charge in [0.05, 0.1) is 18.9 Å². The molecule has 0 radical (unpaired) electrons. The predicted molar refractivity (Wildman–Crippen MR) is 147 cm³/mol. The first kappa shape index (κ1) is 25.0. The summed E-state index contributed by atoms with van der Waals surface area (Å²) in [5, 5.41) is 0. The second kappa shape index (κ2) is 11.1. The van der Waals surface area contributed by atoms with E-state index in [2.05, 4.69) is 81.2 Å². The molecule has 5 rings (SSSR count). The summed E-state index contributed by atoms with van der Waals surface area (Å²) in [6.45, 7) is 8.85. The molecule has 0 N–H and O–H groups in total. The van der Waals surface area contributed by atoms with Crippen LogP contribution in [0.2, 0.25) is 0 Å². The van der Waals surface area contributed by atoms with Gasteiger partial charge in [0.15, 0.2) is 0 Å². The molecule has 0 saturated carbocycles. The molecule has 4 nitrogen and oxygen atoms in total. The van der Waals surface area contributed by atoms with Gasteiger partial charge in [-0.15, -0.1) is 0 Å². The number of hydrogen-bond acceptors (Lipinski definition) is 4. The van der Waals surface area contributed by atoms with E-state index in [-0.39, 0.29) is 6.10 Å². The molecule has 2 aromatic carbocycles. The second-order valence-electron chi connectivity index (χ2n) is 10.4. The first-order chi connectivity index (χ1) is 17.6.